The van der Waals surface area contributed by atoms with Crippen molar-refractivity contribution in [3.05, 3.63) is 46.4 Å². The highest BCUT2D eigenvalue weighted by molar-refractivity contribution is 9.10. The second-order valence-electron chi connectivity index (χ2n) is 4.28. The minimum Gasteiger partial charge on any atom is -0.495 e. The molecule has 1 aromatic heterocycles. The Labute approximate surface area is 134 Å². The quantitative estimate of drug-likeness (QED) is 0.737. The van der Waals surface area contributed by atoms with E-state index in [-0.39, 0.29) is 0 Å². The number of ether oxygens (including phenoxy) is 1. The number of hydrogen-bond acceptors (Lipinski definition) is 5. The number of rotatable bonds is 3. The number of aromatic nitrogens is 1. The molecule has 6 heteroatoms. The first-order valence-electron chi connectivity index (χ1n) is 6.11. The van der Waals surface area contributed by atoms with Gasteiger partial charge < -0.3 is 10.1 Å². The average Bonchev–Trinajstić information content (AvgIpc) is 2.89. The summed E-state index contributed by atoms with van der Waals surface area (Å²) in [6.07, 6.45) is 0. The van der Waals surface area contributed by atoms with Crippen molar-refractivity contribution in [3.8, 4) is 11.8 Å². The molecule has 0 atom stereocenters. The van der Waals surface area contributed by atoms with E-state index in [2.05, 4.69) is 32.3 Å². The lowest BCUT2D eigenvalue weighted by Crippen LogP contribution is -1.94. The average molecular weight is 360 g/mol. The first-order valence-corrected chi connectivity index (χ1v) is 7.72. The molecule has 3 rings (SSSR count). The van der Waals surface area contributed by atoms with Crippen LogP contribution in [-0.2, 0) is 0 Å². The number of anilines is 2. The van der Waals surface area contributed by atoms with Gasteiger partial charge in [0.25, 0.3) is 0 Å². The van der Waals surface area contributed by atoms with Crippen molar-refractivity contribution >= 4 is 48.3 Å². The Balaban J connectivity index is 1.96. The topological polar surface area (TPSA) is 57.9 Å². The van der Waals surface area contributed by atoms with Gasteiger partial charge in [-0.15, -0.1) is 0 Å². The molecule has 0 unspecified atom stereocenters. The monoisotopic (exact) mass is 359 g/mol. The standard InChI is InChI=1S/C15H10BrN3OS/c1-20-13-6-9(8-17)2-4-11(13)18-15-19-12-7-10(16)3-5-14(12)21-15/h2-7H,1H3,(H,18,19). The van der Waals surface area contributed by atoms with Crippen LogP contribution in [0, 0.1) is 11.3 Å². The Morgan fingerprint density at radius 1 is 1.29 bits per heavy atom. The molecule has 1 N–H and O–H groups in total. The van der Waals surface area contributed by atoms with Gasteiger partial charge in [0, 0.05) is 10.5 Å². The fraction of sp³-hybridized carbons (Fsp3) is 0.0667. The number of fused-ring (bicyclic) bond motifs is 1. The number of benzene rings is 2. The number of halogens is 1. The Kier molecular flexibility index (Phi) is 3.78. The SMILES string of the molecule is COc1cc(C#N)ccc1Nc1nc2cc(Br)ccc2s1. The summed E-state index contributed by atoms with van der Waals surface area (Å²) in [5.41, 5.74) is 2.28. The van der Waals surface area contributed by atoms with E-state index in [1.807, 2.05) is 24.3 Å². The molecule has 0 aliphatic carbocycles. The van der Waals surface area contributed by atoms with E-state index in [1.165, 1.54) is 0 Å². The van der Waals surface area contributed by atoms with Crippen LogP contribution in [0.4, 0.5) is 10.8 Å². The van der Waals surface area contributed by atoms with E-state index in [9.17, 15) is 0 Å². The molecular formula is C15H10BrN3OS. The maximum Gasteiger partial charge on any atom is 0.188 e. The van der Waals surface area contributed by atoms with Crippen LogP contribution in [0.15, 0.2) is 40.9 Å². The van der Waals surface area contributed by atoms with Crippen LogP contribution in [0.1, 0.15) is 5.56 Å². The van der Waals surface area contributed by atoms with E-state index in [0.29, 0.717) is 11.3 Å². The van der Waals surface area contributed by atoms with Gasteiger partial charge in [-0.25, -0.2) is 4.98 Å². The van der Waals surface area contributed by atoms with Crippen LogP contribution < -0.4 is 10.1 Å². The van der Waals surface area contributed by atoms with Crippen LogP contribution in [-0.4, -0.2) is 12.1 Å². The summed E-state index contributed by atoms with van der Waals surface area (Å²) in [7, 11) is 1.58. The predicted octanol–water partition coefficient (Wildman–Crippen LogP) is 4.68. The van der Waals surface area contributed by atoms with Crippen LogP contribution in [0.3, 0.4) is 0 Å². The summed E-state index contributed by atoms with van der Waals surface area (Å²) in [6, 6.07) is 13.4. The summed E-state index contributed by atoms with van der Waals surface area (Å²) in [4.78, 5) is 4.54. The normalized spacial score (nSPS) is 10.3. The van der Waals surface area contributed by atoms with Gasteiger partial charge in [-0.2, -0.15) is 5.26 Å². The van der Waals surface area contributed by atoms with Crippen LogP contribution in [0.25, 0.3) is 10.2 Å². The summed E-state index contributed by atoms with van der Waals surface area (Å²) in [5.74, 6) is 0.620. The van der Waals surface area contributed by atoms with Crippen molar-refractivity contribution in [2.75, 3.05) is 12.4 Å². The molecule has 21 heavy (non-hydrogen) atoms. The van der Waals surface area contributed by atoms with Gasteiger partial charge in [-0.3, -0.25) is 0 Å². The molecule has 0 fully saturated rings. The lowest BCUT2D eigenvalue weighted by atomic mass is 10.2. The number of nitriles is 1. The molecule has 0 bridgehead atoms. The van der Waals surface area contributed by atoms with Crippen molar-refractivity contribution < 1.29 is 4.74 Å². The van der Waals surface area contributed by atoms with Crippen molar-refractivity contribution in [2.45, 2.75) is 0 Å². The zero-order valence-corrected chi connectivity index (χ0v) is 13.5. The Bertz CT molecular complexity index is 854. The Hall–Kier alpha value is -2.10. The van der Waals surface area contributed by atoms with Gasteiger partial charge in [-0.1, -0.05) is 27.3 Å². The van der Waals surface area contributed by atoms with E-state index >= 15 is 0 Å². The molecule has 1 heterocycles. The minimum absolute atomic E-state index is 0.561. The Morgan fingerprint density at radius 3 is 2.90 bits per heavy atom. The summed E-state index contributed by atoms with van der Waals surface area (Å²) >= 11 is 5.01. The van der Waals surface area contributed by atoms with Gasteiger partial charge in [0.1, 0.15) is 5.75 Å². The van der Waals surface area contributed by atoms with E-state index < -0.39 is 0 Å². The van der Waals surface area contributed by atoms with E-state index in [0.717, 1.165) is 25.5 Å². The highest BCUT2D eigenvalue weighted by Gasteiger charge is 2.08. The third-order valence-corrected chi connectivity index (χ3v) is 4.37. The zero-order chi connectivity index (χ0) is 14.8. The number of nitrogens with one attached hydrogen (secondary N) is 1. The highest BCUT2D eigenvalue weighted by atomic mass is 79.9. The molecule has 2 aromatic carbocycles. The lowest BCUT2D eigenvalue weighted by molar-refractivity contribution is 0.416. The van der Waals surface area contributed by atoms with Crippen molar-refractivity contribution in [1.82, 2.24) is 4.98 Å². The van der Waals surface area contributed by atoms with Crippen LogP contribution in [0.5, 0.6) is 5.75 Å². The molecule has 0 radical (unpaired) electrons. The molecule has 0 spiro atoms. The first kappa shape index (κ1) is 13.9. The number of hydrogen-bond donors (Lipinski definition) is 1. The van der Waals surface area contributed by atoms with Crippen molar-refractivity contribution in [3.63, 3.8) is 0 Å². The zero-order valence-electron chi connectivity index (χ0n) is 11.1. The summed E-state index contributed by atoms with van der Waals surface area (Å²) in [6.45, 7) is 0. The van der Waals surface area contributed by atoms with Gasteiger partial charge >= 0.3 is 0 Å². The number of thiazole rings is 1. The van der Waals surface area contributed by atoms with Crippen LogP contribution >= 0.6 is 27.3 Å². The number of nitrogens with zero attached hydrogens (tertiary/aromatic N) is 2. The Morgan fingerprint density at radius 2 is 2.14 bits per heavy atom. The van der Waals surface area contributed by atoms with Gasteiger partial charge in [0.15, 0.2) is 5.13 Å². The van der Waals surface area contributed by atoms with Gasteiger partial charge in [-0.05, 0) is 30.3 Å². The second kappa shape index (κ2) is 5.72. The van der Waals surface area contributed by atoms with E-state index in [1.54, 1.807) is 30.6 Å². The largest absolute Gasteiger partial charge is 0.495 e. The van der Waals surface area contributed by atoms with Gasteiger partial charge in [0.2, 0.25) is 0 Å². The maximum atomic E-state index is 8.92. The third-order valence-electron chi connectivity index (χ3n) is 2.92. The maximum absolute atomic E-state index is 8.92. The molecule has 4 nitrogen and oxygen atoms in total. The molecule has 104 valence electrons. The first-order chi connectivity index (χ1) is 10.2. The molecule has 0 aliphatic heterocycles. The molecule has 0 saturated carbocycles. The second-order valence-corrected chi connectivity index (χ2v) is 6.23. The third kappa shape index (κ3) is 2.84. The van der Waals surface area contributed by atoms with Gasteiger partial charge in [0.05, 0.1) is 34.6 Å². The summed E-state index contributed by atoms with van der Waals surface area (Å²) in [5, 5.41) is 12.9. The fourth-order valence-electron chi connectivity index (χ4n) is 1.93. The minimum atomic E-state index is 0.561. The molecule has 3 aromatic rings. The summed E-state index contributed by atoms with van der Waals surface area (Å²) < 4.78 is 7.42. The smallest absolute Gasteiger partial charge is 0.188 e. The highest BCUT2D eigenvalue weighted by Crippen LogP contribution is 2.33. The molecule has 0 saturated heterocycles. The fourth-order valence-corrected chi connectivity index (χ4v) is 3.14. The molecule has 0 amide bonds. The molecular weight excluding hydrogens is 350 g/mol. The van der Waals surface area contributed by atoms with Crippen LogP contribution in [0.2, 0.25) is 0 Å². The number of methoxy groups -OCH3 is 1. The predicted molar refractivity (Wildman–Crippen MR) is 88.3 cm³/mol. The van der Waals surface area contributed by atoms with E-state index in [4.69, 9.17) is 10.00 Å². The van der Waals surface area contributed by atoms with Crippen molar-refractivity contribution in [1.29, 1.82) is 5.26 Å². The lowest BCUT2D eigenvalue weighted by Gasteiger charge is -2.08. The molecule has 0 aliphatic rings. The van der Waals surface area contributed by atoms with Crippen molar-refractivity contribution in [2.24, 2.45) is 0 Å².